The summed E-state index contributed by atoms with van der Waals surface area (Å²) in [6.45, 7) is 1.44. The van der Waals surface area contributed by atoms with Crippen molar-refractivity contribution >= 4 is 18.4 Å². The summed E-state index contributed by atoms with van der Waals surface area (Å²) in [5.41, 5.74) is 0.334. The number of likely N-dealkylation sites (N-methyl/N-ethyl adjacent to an activating group) is 2. The Hall–Kier alpha value is -2.07. The van der Waals surface area contributed by atoms with Crippen molar-refractivity contribution in [3.8, 4) is 5.75 Å². The quantitative estimate of drug-likeness (QED) is 0.804. The molecule has 0 bridgehead atoms. The molecule has 0 amide bonds. The minimum Gasteiger partial charge on any atom is -0.405 e. The van der Waals surface area contributed by atoms with Gasteiger partial charge in [-0.1, -0.05) is 23.3 Å². The number of nitrogens with zero attached hydrogens (tertiary/aromatic N) is 5. The van der Waals surface area contributed by atoms with Gasteiger partial charge in [0.15, 0.2) is 0 Å². The number of hydrogen-bond acceptors (Lipinski definition) is 6. The van der Waals surface area contributed by atoms with Crippen molar-refractivity contribution in [2.75, 3.05) is 32.1 Å². The fourth-order valence-electron chi connectivity index (χ4n) is 1.98. The third-order valence-corrected chi connectivity index (χ3v) is 3.07. The van der Waals surface area contributed by atoms with E-state index in [-0.39, 0.29) is 24.7 Å². The molecule has 0 radical (unpaired) electrons. The minimum absolute atomic E-state index is 0. The number of hydrogen-bond donors (Lipinski definition) is 1. The molecule has 0 aliphatic carbocycles. The molecule has 134 valence electrons. The highest BCUT2D eigenvalue weighted by Gasteiger charge is 2.32. The number of aromatic nitrogens is 4. The smallest absolute Gasteiger partial charge is 0.405 e. The maximum atomic E-state index is 12.5. The molecular formula is C13H18ClF3N6O. The summed E-state index contributed by atoms with van der Waals surface area (Å²) in [6.07, 6.45) is -4.75. The van der Waals surface area contributed by atoms with Gasteiger partial charge in [0.05, 0.1) is 6.54 Å². The van der Waals surface area contributed by atoms with Crippen LogP contribution in [0, 0.1) is 0 Å². The summed E-state index contributed by atoms with van der Waals surface area (Å²) in [4.78, 5) is 1.81. The monoisotopic (exact) mass is 366 g/mol. The first-order chi connectivity index (χ1) is 10.9. The molecule has 11 heteroatoms. The Labute approximate surface area is 143 Å². The van der Waals surface area contributed by atoms with Crippen molar-refractivity contribution < 1.29 is 17.9 Å². The highest BCUT2D eigenvalue weighted by atomic mass is 35.5. The number of para-hydroxylation sites is 1. The second-order valence-electron chi connectivity index (χ2n) is 4.82. The summed E-state index contributed by atoms with van der Waals surface area (Å²) in [5.74, 6) is 0.196. The van der Waals surface area contributed by atoms with Gasteiger partial charge in [-0.2, -0.15) is 0 Å². The first kappa shape index (κ1) is 20.0. The van der Waals surface area contributed by atoms with Crippen LogP contribution in [0.4, 0.5) is 19.1 Å². The van der Waals surface area contributed by atoms with E-state index in [0.29, 0.717) is 18.1 Å². The van der Waals surface area contributed by atoms with Crippen molar-refractivity contribution in [2.24, 2.45) is 0 Å². The highest BCUT2D eigenvalue weighted by Crippen LogP contribution is 2.27. The lowest BCUT2D eigenvalue weighted by atomic mass is 10.2. The van der Waals surface area contributed by atoms with Gasteiger partial charge in [0.2, 0.25) is 5.95 Å². The fourth-order valence-corrected chi connectivity index (χ4v) is 1.98. The van der Waals surface area contributed by atoms with Gasteiger partial charge in [0, 0.05) is 25.7 Å². The fraction of sp³-hybridized carbons (Fsp3) is 0.462. The number of tetrazole rings is 1. The average Bonchev–Trinajstić information content (AvgIpc) is 2.93. The van der Waals surface area contributed by atoms with Crippen molar-refractivity contribution in [3.05, 3.63) is 29.8 Å². The Morgan fingerprint density at radius 3 is 2.67 bits per heavy atom. The van der Waals surface area contributed by atoms with Crippen molar-refractivity contribution in [1.82, 2.24) is 25.5 Å². The van der Waals surface area contributed by atoms with E-state index in [1.807, 2.05) is 11.9 Å². The summed E-state index contributed by atoms with van der Waals surface area (Å²) < 4.78 is 42.9. The zero-order valence-corrected chi connectivity index (χ0v) is 13.9. The van der Waals surface area contributed by atoms with Crippen LogP contribution in [0.2, 0.25) is 0 Å². The maximum Gasteiger partial charge on any atom is 0.573 e. The predicted octanol–water partition coefficient (Wildman–Crippen LogP) is 1.70. The molecule has 2 aromatic rings. The van der Waals surface area contributed by atoms with Gasteiger partial charge in [-0.05, 0) is 23.5 Å². The van der Waals surface area contributed by atoms with Crippen LogP contribution in [-0.2, 0) is 6.54 Å². The van der Waals surface area contributed by atoms with Gasteiger partial charge in [0.25, 0.3) is 0 Å². The van der Waals surface area contributed by atoms with Crippen LogP contribution in [-0.4, -0.2) is 53.8 Å². The number of ether oxygens (including phenoxy) is 1. The van der Waals surface area contributed by atoms with Crippen LogP contribution < -0.4 is 15.0 Å². The Morgan fingerprint density at radius 1 is 1.29 bits per heavy atom. The Morgan fingerprint density at radius 2 is 2.00 bits per heavy atom. The van der Waals surface area contributed by atoms with Crippen LogP contribution in [0.5, 0.6) is 5.75 Å². The number of anilines is 1. The Kier molecular flexibility index (Phi) is 7.23. The molecule has 0 spiro atoms. The van der Waals surface area contributed by atoms with E-state index in [4.69, 9.17) is 0 Å². The predicted molar refractivity (Wildman–Crippen MR) is 84.5 cm³/mol. The molecule has 7 nitrogen and oxygen atoms in total. The molecule has 1 aromatic heterocycles. The summed E-state index contributed by atoms with van der Waals surface area (Å²) in [7, 11) is 3.62. The lowest BCUT2D eigenvalue weighted by molar-refractivity contribution is -0.274. The third kappa shape index (κ3) is 5.53. The first-order valence-corrected chi connectivity index (χ1v) is 6.86. The van der Waals surface area contributed by atoms with Crippen LogP contribution in [0.15, 0.2) is 24.3 Å². The summed E-state index contributed by atoms with van der Waals surface area (Å²) in [6, 6.07) is 5.91. The lowest BCUT2D eigenvalue weighted by Crippen LogP contribution is -2.29. The van der Waals surface area contributed by atoms with E-state index in [1.165, 1.54) is 16.8 Å². The number of nitrogens with one attached hydrogen (secondary N) is 1. The first-order valence-electron chi connectivity index (χ1n) is 6.86. The standard InChI is InChI=1S/C13H17F3N6O.ClH/c1-17-7-8-21(2)12-18-19-20-22(12)9-10-5-3-4-6-11(10)23-13(14,15)16;/h3-6,17H,7-9H2,1-2H3;1H. The molecule has 0 unspecified atom stereocenters. The van der Waals surface area contributed by atoms with Gasteiger partial charge in [-0.15, -0.1) is 25.6 Å². The second kappa shape index (κ2) is 8.69. The van der Waals surface area contributed by atoms with Crippen LogP contribution in [0.3, 0.4) is 0 Å². The Bertz CT molecular complexity index is 636. The van der Waals surface area contributed by atoms with Gasteiger partial charge in [-0.25, -0.2) is 4.68 Å². The summed E-state index contributed by atoms with van der Waals surface area (Å²) >= 11 is 0. The normalized spacial score (nSPS) is 11.0. The lowest BCUT2D eigenvalue weighted by Gasteiger charge is -2.18. The third-order valence-electron chi connectivity index (χ3n) is 3.07. The van der Waals surface area contributed by atoms with Gasteiger partial charge < -0.3 is 15.0 Å². The average molecular weight is 367 g/mol. The number of rotatable bonds is 7. The van der Waals surface area contributed by atoms with Gasteiger partial charge >= 0.3 is 6.36 Å². The zero-order chi connectivity index (χ0) is 16.9. The molecule has 0 aliphatic rings. The van der Waals surface area contributed by atoms with Crippen LogP contribution >= 0.6 is 12.4 Å². The zero-order valence-electron chi connectivity index (χ0n) is 13.1. The van der Waals surface area contributed by atoms with E-state index in [2.05, 4.69) is 25.6 Å². The van der Waals surface area contributed by atoms with Crippen LogP contribution in [0.1, 0.15) is 5.56 Å². The molecule has 1 heterocycles. The van der Waals surface area contributed by atoms with Crippen LogP contribution in [0.25, 0.3) is 0 Å². The molecule has 0 saturated carbocycles. The number of alkyl halides is 3. The highest BCUT2D eigenvalue weighted by molar-refractivity contribution is 5.85. The molecule has 1 aromatic carbocycles. The maximum absolute atomic E-state index is 12.5. The van der Waals surface area contributed by atoms with Gasteiger partial charge in [0.1, 0.15) is 5.75 Å². The minimum atomic E-state index is -4.75. The molecule has 0 atom stereocenters. The van der Waals surface area contributed by atoms with E-state index >= 15 is 0 Å². The molecular weight excluding hydrogens is 349 g/mol. The molecule has 2 rings (SSSR count). The molecule has 0 aliphatic heterocycles. The largest absolute Gasteiger partial charge is 0.573 e. The SMILES string of the molecule is CNCCN(C)c1nnnn1Cc1ccccc1OC(F)(F)F.Cl. The van der Waals surface area contributed by atoms with Crippen molar-refractivity contribution in [3.63, 3.8) is 0 Å². The molecule has 24 heavy (non-hydrogen) atoms. The van der Waals surface area contributed by atoms with E-state index in [0.717, 1.165) is 6.54 Å². The van der Waals surface area contributed by atoms with Crippen molar-refractivity contribution in [2.45, 2.75) is 12.9 Å². The van der Waals surface area contributed by atoms with E-state index in [9.17, 15) is 13.2 Å². The molecule has 1 N–H and O–H groups in total. The summed E-state index contributed by atoms with van der Waals surface area (Å²) in [5, 5.41) is 14.3. The van der Waals surface area contributed by atoms with E-state index < -0.39 is 6.36 Å². The topological polar surface area (TPSA) is 68.1 Å². The Balaban J connectivity index is 0.00000288. The second-order valence-corrected chi connectivity index (χ2v) is 4.82. The number of benzene rings is 1. The number of halogens is 4. The van der Waals surface area contributed by atoms with E-state index in [1.54, 1.807) is 19.2 Å². The molecule has 0 fully saturated rings. The van der Waals surface area contributed by atoms with Gasteiger partial charge in [-0.3, -0.25) is 0 Å². The molecule has 0 saturated heterocycles. The van der Waals surface area contributed by atoms with Crippen molar-refractivity contribution in [1.29, 1.82) is 0 Å².